The molecule has 1 atom stereocenters. The number of fused-ring (bicyclic) bond motifs is 1. The second-order valence-electron chi connectivity index (χ2n) is 6.33. The van der Waals surface area contributed by atoms with Gasteiger partial charge in [0.2, 0.25) is 0 Å². The highest BCUT2D eigenvalue weighted by molar-refractivity contribution is 7.07. The summed E-state index contributed by atoms with van der Waals surface area (Å²) >= 11 is 1.49. The highest BCUT2D eigenvalue weighted by atomic mass is 32.1. The van der Waals surface area contributed by atoms with Crippen molar-refractivity contribution in [1.82, 2.24) is 14.9 Å². The van der Waals surface area contributed by atoms with E-state index in [0.29, 0.717) is 25.6 Å². The van der Waals surface area contributed by atoms with E-state index >= 15 is 0 Å². The Balaban J connectivity index is 1.26. The summed E-state index contributed by atoms with van der Waals surface area (Å²) in [6.07, 6.45) is 4.25. The third-order valence-corrected chi connectivity index (χ3v) is 5.10. The van der Waals surface area contributed by atoms with Crippen molar-refractivity contribution in [1.29, 1.82) is 0 Å². The topological polar surface area (TPSA) is 64.5 Å². The molecule has 1 amide bonds. The standard InChI is InChI=1S/C19H19N3O3S/c23-19(25-11-17-12-26-13-21-17)22-6-4-14(9-22)10-24-18-2-1-15-3-5-20-8-16(15)7-18/h1-3,5,7-8,12-14H,4,6,9-11H2. The van der Waals surface area contributed by atoms with Crippen LogP contribution in [0.15, 0.2) is 47.5 Å². The summed E-state index contributed by atoms with van der Waals surface area (Å²) in [5, 5.41) is 4.08. The first kappa shape index (κ1) is 16.8. The van der Waals surface area contributed by atoms with E-state index in [2.05, 4.69) is 9.97 Å². The third kappa shape index (κ3) is 3.94. The molecule has 26 heavy (non-hydrogen) atoms. The molecule has 1 aliphatic heterocycles. The van der Waals surface area contributed by atoms with Crippen molar-refractivity contribution in [2.24, 2.45) is 5.92 Å². The molecule has 0 spiro atoms. The highest BCUT2D eigenvalue weighted by Gasteiger charge is 2.27. The third-order valence-electron chi connectivity index (χ3n) is 4.47. The molecule has 0 saturated carbocycles. The smallest absolute Gasteiger partial charge is 0.410 e. The molecule has 1 saturated heterocycles. The van der Waals surface area contributed by atoms with E-state index in [1.54, 1.807) is 16.6 Å². The average molecular weight is 369 g/mol. The van der Waals surface area contributed by atoms with E-state index in [1.807, 2.05) is 35.8 Å². The zero-order valence-corrected chi connectivity index (χ0v) is 15.0. The molecule has 4 rings (SSSR count). The number of aromatic nitrogens is 2. The largest absolute Gasteiger partial charge is 0.493 e. The van der Waals surface area contributed by atoms with Gasteiger partial charge in [-0.1, -0.05) is 6.07 Å². The number of amides is 1. The molecule has 2 aromatic heterocycles. The molecule has 1 unspecified atom stereocenters. The van der Waals surface area contributed by atoms with Crippen LogP contribution in [0, 0.1) is 5.92 Å². The molecular formula is C19H19N3O3S. The summed E-state index contributed by atoms with van der Waals surface area (Å²) in [4.78, 5) is 22.1. The van der Waals surface area contributed by atoms with Gasteiger partial charge in [-0.3, -0.25) is 4.98 Å². The van der Waals surface area contributed by atoms with Gasteiger partial charge < -0.3 is 14.4 Å². The molecule has 1 aliphatic rings. The van der Waals surface area contributed by atoms with Crippen molar-refractivity contribution in [3.05, 3.63) is 53.2 Å². The maximum absolute atomic E-state index is 12.1. The van der Waals surface area contributed by atoms with E-state index < -0.39 is 0 Å². The van der Waals surface area contributed by atoms with Gasteiger partial charge in [0.15, 0.2) is 0 Å². The Bertz CT molecular complexity index is 885. The van der Waals surface area contributed by atoms with Gasteiger partial charge in [0.05, 0.1) is 17.8 Å². The lowest BCUT2D eigenvalue weighted by atomic mass is 10.1. The number of carbonyl (C=O) groups is 1. The van der Waals surface area contributed by atoms with Crippen LogP contribution in [0.2, 0.25) is 0 Å². The van der Waals surface area contributed by atoms with E-state index in [1.165, 1.54) is 11.3 Å². The van der Waals surface area contributed by atoms with Crippen molar-refractivity contribution in [3.8, 4) is 5.75 Å². The van der Waals surface area contributed by atoms with E-state index in [0.717, 1.165) is 28.6 Å². The summed E-state index contributed by atoms with van der Waals surface area (Å²) in [6, 6.07) is 7.97. The van der Waals surface area contributed by atoms with Crippen LogP contribution in [-0.2, 0) is 11.3 Å². The molecule has 3 aromatic rings. The Kier molecular flexibility index (Phi) is 4.97. The van der Waals surface area contributed by atoms with Gasteiger partial charge in [-0.15, -0.1) is 11.3 Å². The van der Waals surface area contributed by atoms with Gasteiger partial charge in [0.1, 0.15) is 12.4 Å². The van der Waals surface area contributed by atoms with Gasteiger partial charge >= 0.3 is 6.09 Å². The predicted octanol–water partition coefficient (Wildman–Crippen LogP) is 3.73. The first-order valence-corrected chi connectivity index (χ1v) is 9.47. The van der Waals surface area contributed by atoms with Crippen molar-refractivity contribution < 1.29 is 14.3 Å². The molecule has 0 N–H and O–H groups in total. The summed E-state index contributed by atoms with van der Waals surface area (Å²) in [7, 11) is 0. The number of ether oxygens (including phenoxy) is 2. The minimum absolute atomic E-state index is 0.227. The van der Waals surface area contributed by atoms with Gasteiger partial charge in [-0.2, -0.15) is 0 Å². The van der Waals surface area contributed by atoms with Crippen molar-refractivity contribution in [2.45, 2.75) is 13.0 Å². The molecule has 6 nitrogen and oxygen atoms in total. The number of thiazole rings is 1. The Hall–Kier alpha value is -2.67. The number of carbonyl (C=O) groups excluding carboxylic acids is 1. The fraction of sp³-hybridized carbons (Fsp3) is 0.316. The maximum atomic E-state index is 12.1. The fourth-order valence-electron chi connectivity index (χ4n) is 3.04. The molecular weight excluding hydrogens is 350 g/mol. The lowest BCUT2D eigenvalue weighted by molar-refractivity contribution is 0.101. The average Bonchev–Trinajstić information content (AvgIpc) is 3.36. The van der Waals surface area contributed by atoms with Crippen LogP contribution in [0.4, 0.5) is 4.79 Å². The van der Waals surface area contributed by atoms with Crippen LogP contribution in [-0.4, -0.2) is 40.7 Å². The molecule has 0 bridgehead atoms. The number of hydrogen-bond acceptors (Lipinski definition) is 6. The zero-order valence-electron chi connectivity index (χ0n) is 14.2. The van der Waals surface area contributed by atoms with Gasteiger partial charge in [0.25, 0.3) is 0 Å². The van der Waals surface area contributed by atoms with Crippen LogP contribution < -0.4 is 4.74 Å². The monoisotopic (exact) mass is 369 g/mol. The Morgan fingerprint density at radius 2 is 2.27 bits per heavy atom. The Morgan fingerprint density at radius 1 is 1.31 bits per heavy atom. The molecule has 3 heterocycles. The molecule has 7 heteroatoms. The zero-order chi connectivity index (χ0) is 17.8. The first-order valence-electron chi connectivity index (χ1n) is 8.53. The van der Waals surface area contributed by atoms with Crippen LogP contribution in [0.3, 0.4) is 0 Å². The minimum Gasteiger partial charge on any atom is -0.493 e. The van der Waals surface area contributed by atoms with Crippen molar-refractivity contribution in [2.75, 3.05) is 19.7 Å². The molecule has 134 valence electrons. The SMILES string of the molecule is O=C(OCc1cscn1)N1CCC(COc2ccc3ccncc3c2)C1. The van der Waals surface area contributed by atoms with Gasteiger partial charge in [-0.25, -0.2) is 9.78 Å². The van der Waals surface area contributed by atoms with Crippen LogP contribution >= 0.6 is 11.3 Å². The number of likely N-dealkylation sites (tertiary alicyclic amines) is 1. The van der Waals surface area contributed by atoms with E-state index in [4.69, 9.17) is 9.47 Å². The Labute approximate surface area is 155 Å². The normalized spacial score (nSPS) is 16.8. The Morgan fingerprint density at radius 3 is 3.15 bits per heavy atom. The van der Waals surface area contributed by atoms with Crippen LogP contribution in [0.1, 0.15) is 12.1 Å². The predicted molar refractivity (Wildman–Crippen MR) is 99.2 cm³/mol. The highest BCUT2D eigenvalue weighted by Crippen LogP contribution is 2.23. The first-order chi connectivity index (χ1) is 12.8. The number of hydrogen-bond donors (Lipinski definition) is 0. The summed E-state index contributed by atoms with van der Waals surface area (Å²) in [6.45, 7) is 2.17. The fourth-order valence-corrected chi connectivity index (χ4v) is 3.58. The summed E-state index contributed by atoms with van der Waals surface area (Å²) < 4.78 is 11.2. The van der Waals surface area contributed by atoms with Gasteiger partial charge in [-0.05, 0) is 30.0 Å². The van der Waals surface area contributed by atoms with Gasteiger partial charge in [0, 0.05) is 42.2 Å². The number of benzene rings is 1. The molecule has 1 fully saturated rings. The van der Waals surface area contributed by atoms with Crippen molar-refractivity contribution >= 4 is 28.2 Å². The van der Waals surface area contributed by atoms with Crippen molar-refractivity contribution in [3.63, 3.8) is 0 Å². The second kappa shape index (κ2) is 7.70. The number of pyridine rings is 1. The molecule has 0 aliphatic carbocycles. The van der Waals surface area contributed by atoms with Crippen LogP contribution in [0.5, 0.6) is 5.75 Å². The quantitative estimate of drug-likeness (QED) is 0.686. The lowest BCUT2D eigenvalue weighted by Gasteiger charge is -2.16. The summed E-state index contributed by atoms with van der Waals surface area (Å²) in [5.41, 5.74) is 2.52. The number of nitrogens with zero attached hydrogens (tertiary/aromatic N) is 3. The molecule has 0 radical (unpaired) electrons. The number of rotatable bonds is 5. The molecule has 1 aromatic carbocycles. The van der Waals surface area contributed by atoms with E-state index in [9.17, 15) is 4.79 Å². The minimum atomic E-state index is -0.280. The second-order valence-corrected chi connectivity index (χ2v) is 7.05. The lowest BCUT2D eigenvalue weighted by Crippen LogP contribution is -2.30. The maximum Gasteiger partial charge on any atom is 0.410 e. The van der Waals surface area contributed by atoms with E-state index in [-0.39, 0.29) is 12.7 Å². The summed E-state index contributed by atoms with van der Waals surface area (Å²) in [5.74, 6) is 1.14. The van der Waals surface area contributed by atoms with Crippen LogP contribution in [0.25, 0.3) is 10.8 Å².